The van der Waals surface area contributed by atoms with E-state index in [-0.39, 0.29) is 5.75 Å². The fourth-order valence-corrected chi connectivity index (χ4v) is 1.42. The van der Waals surface area contributed by atoms with Crippen LogP contribution < -0.4 is 0 Å². The van der Waals surface area contributed by atoms with Gasteiger partial charge in [0.15, 0.2) is 0 Å². The molecule has 0 bridgehead atoms. The predicted octanol–water partition coefficient (Wildman–Crippen LogP) is -0.0564. The molecule has 62 valence electrons. The van der Waals surface area contributed by atoms with Crippen LogP contribution in [-0.2, 0) is 19.5 Å². The van der Waals surface area contributed by atoms with Gasteiger partial charge in [-0.15, -0.1) is 4.33 Å². The normalized spacial score (nSPS) is 11.8. The molecule has 0 aromatic carbocycles. The smallest absolute Gasteiger partial charge is 0.265 e. The Bertz CT molecular complexity index is 161. The molecule has 0 saturated carbocycles. The molecule has 0 aliphatic heterocycles. The molecule has 0 rings (SSSR count). The fourth-order valence-electron chi connectivity index (χ4n) is 0.195. The third-order valence-electron chi connectivity index (χ3n) is 0.503. The largest absolute Gasteiger partial charge is 0.286 e. The zero-order chi connectivity index (χ0) is 8.04. The summed E-state index contributed by atoms with van der Waals surface area (Å²) in [6.07, 6.45) is 0. The topological polar surface area (TPSA) is 93.1 Å². The summed E-state index contributed by atoms with van der Waals surface area (Å²) in [7, 11) is -3.94. The Hall–Kier alpha value is 0.140. The second kappa shape index (κ2) is 4.88. The maximum absolute atomic E-state index is 9.98. The molecule has 0 unspecified atom stereocenters. The fraction of sp³-hybridized carbons (Fsp3) is 1.00. The van der Waals surface area contributed by atoms with Gasteiger partial charge < -0.3 is 0 Å². The standard InChI is InChI=1S/C2H6O6S2/c3-7-8-9-1-2-10(4,5)6/h3H,1-2H2,(H,4,5,6). The summed E-state index contributed by atoms with van der Waals surface area (Å²) in [5, 5.41) is 10.7. The SMILES string of the molecule is O=S(=O)(O)CCSOOO. The second-order valence-corrected chi connectivity index (χ2v) is 3.60. The van der Waals surface area contributed by atoms with Crippen LogP contribution in [0, 0.1) is 0 Å². The first-order valence-corrected chi connectivity index (χ1v) is 4.63. The van der Waals surface area contributed by atoms with Gasteiger partial charge in [0.05, 0.1) is 5.75 Å². The Balaban J connectivity index is 3.21. The Kier molecular flexibility index (Phi) is 4.95. The molecular weight excluding hydrogens is 184 g/mol. The first-order valence-electron chi connectivity index (χ1n) is 2.11. The summed E-state index contributed by atoms with van der Waals surface area (Å²) >= 11 is 0.569. The second-order valence-electron chi connectivity index (χ2n) is 1.25. The van der Waals surface area contributed by atoms with Gasteiger partial charge in [0.25, 0.3) is 10.1 Å². The van der Waals surface area contributed by atoms with Gasteiger partial charge in [-0.25, -0.2) is 5.26 Å². The van der Waals surface area contributed by atoms with Crippen LogP contribution in [0.5, 0.6) is 0 Å². The van der Waals surface area contributed by atoms with Crippen LogP contribution in [0.4, 0.5) is 0 Å². The van der Waals surface area contributed by atoms with E-state index in [1.807, 2.05) is 0 Å². The zero-order valence-corrected chi connectivity index (χ0v) is 6.39. The number of hydrogen-bond acceptors (Lipinski definition) is 6. The van der Waals surface area contributed by atoms with Gasteiger partial charge in [0.1, 0.15) is 0 Å². The lowest BCUT2D eigenvalue weighted by molar-refractivity contribution is -0.432. The summed E-state index contributed by atoms with van der Waals surface area (Å²) in [5.74, 6) is -0.458. The molecule has 0 aromatic rings. The Morgan fingerprint density at radius 3 is 2.50 bits per heavy atom. The van der Waals surface area contributed by atoms with Crippen molar-refractivity contribution in [3.8, 4) is 0 Å². The lowest BCUT2D eigenvalue weighted by Crippen LogP contribution is -2.05. The van der Waals surface area contributed by atoms with E-state index in [4.69, 9.17) is 9.81 Å². The Labute approximate surface area is 61.9 Å². The number of rotatable bonds is 5. The van der Waals surface area contributed by atoms with Crippen LogP contribution in [0.25, 0.3) is 0 Å². The molecule has 0 amide bonds. The van der Waals surface area contributed by atoms with Crippen LogP contribution >= 0.6 is 12.0 Å². The van der Waals surface area contributed by atoms with Crippen molar-refractivity contribution < 1.29 is 27.6 Å². The van der Waals surface area contributed by atoms with Gasteiger partial charge in [-0.1, -0.05) is 5.04 Å². The molecule has 0 aliphatic rings. The van der Waals surface area contributed by atoms with E-state index in [1.165, 1.54) is 0 Å². The van der Waals surface area contributed by atoms with E-state index in [0.717, 1.165) is 0 Å². The third kappa shape index (κ3) is 8.14. The summed E-state index contributed by atoms with van der Waals surface area (Å²) in [4.78, 5) is 0. The molecule has 0 aromatic heterocycles. The van der Waals surface area contributed by atoms with Crippen molar-refractivity contribution in [3.63, 3.8) is 0 Å². The predicted molar refractivity (Wildman–Crippen MR) is 33.7 cm³/mol. The lowest BCUT2D eigenvalue weighted by atomic mass is 11.0. The molecule has 0 fully saturated rings. The van der Waals surface area contributed by atoms with Gasteiger partial charge in [-0.3, -0.25) is 4.55 Å². The average Bonchev–Trinajstić information content (AvgIpc) is 1.78. The summed E-state index contributed by atoms with van der Waals surface area (Å²) < 4.78 is 31.9. The molecule has 0 saturated heterocycles. The maximum Gasteiger partial charge on any atom is 0.265 e. The summed E-state index contributed by atoms with van der Waals surface area (Å²) in [5.41, 5.74) is 0. The highest BCUT2D eigenvalue weighted by molar-refractivity contribution is 7.95. The van der Waals surface area contributed by atoms with Crippen molar-refractivity contribution in [1.29, 1.82) is 0 Å². The van der Waals surface area contributed by atoms with Gasteiger partial charge in [0, 0.05) is 17.8 Å². The van der Waals surface area contributed by atoms with Gasteiger partial charge in [-0.05, 0) is 0 Å². The molecule has 8 heteroatoms. The molecule has 2 N–H and O–H groups in total. The molecule has 0 aliphatic carbocycles. The maximum atomic E-state index is 9.98. The Morgan fingerprint density at radius 1 is 1.50 bits per heavy atom. The molecule has 0 atom stereocenters. The van der Waals surface area contributed by atoms with Gasteiger partial charge in [-0.2, -0.15) is 8.42 Å². The van der Waals surface area contributed by atoms with Crippen molar-refractivity contribution in [2.45, 2.75) is 0 Å². The summed E-state index contributed by atoms with van der Waals surface area (Å²) in [6, 6.07) is 0. The van der Waals surface area contributed by atoms with Crippen LogP contribution in [0.2, 0.25) is 0 Å². The molecule has 10 heavy (non-hydrogen) atoms. The molecule has 6 nitrogen and oxygen atoms in total. The van der Waals surface area contributed by atoms with Crippen molar-refractivity contribution in [2.75, 3.05) is 11.5 Å². The molecule has 0 heterocycles. The van der Waals surface area contributed by atoms with Crippen molar-refractivity contribution >= 4 is 22.2 Å². The molecule has 0 radical (unpaired) electrons. The van der Waals surface area contributed by atoms with Crippen LogP contribution in [-0.4, -0.2) is 29.7 Å². The van der Waals surface area contributed by atoms with E-state index < -0.39 is 15.9 Å². The van der Waals surface area contributed by atoms with Gasteiger partial charge in [0.2, 0.25) is 0 Å². The highest BCUT2D eigenvalue weighted by Gasteiger charge is 2.03. The van der Waals surface area contributed by atoms with Crippen LogP contribution in [0.3, 0.4) is 0 Å². The van der Waals surface area contributed by atoms with Crippen molar-refractivity contribution in [2.24, 2.45) is 0 Å². The third-order valence-corrected chi connectivity index (χ3v) is 2.01. The lowest BCUT2D eigenvalue weighted by Gasteiger charge is -1.93. The van der Waals surface area contributed by atoms with Crippen LogP contribution in [0.15, 0.2) is 0 Å². The molecule has 0 spiro atoms. The summed E-state index contributed by atoms with van der Waals surface area (Å²) in [6.45, 7) is 0. The minimum Gasteiger partial charge on any atom is -0.286 e. The van der Waals surface area contributed by atoms with Crippen molar-refractivity contribution in [3.05, 3.63) is 0 Å². The van der Waals surface area contributed by atoms with E-state index >= 15 is 0 Å². The van der Waals surface area contributed by atoms with Gasteiger partial charge >= 0.3 is 0 Å². The molecular formula is C2H6O6S2. The quantitative estimate of drug-likeness (QED) is 0.206. The van der Waals surface area contributed by atoms with Crippen molar-refractivity contribution in [1.82, 2.24) is 0 Å². The first-order chi connectivity index (χ1) is 4.56. The first kappa shape index (κ1) is 10.1. The highest BCUT2D eigenvalue weighted by atomic mass is 32.2. The zero-order valence-electron chi connectivity index (χ0n) is 4.76. The van der Waals surface area contributed by atoms with Crippen LogP contribution in [0.1, 0.15) is 0 Å². The van der Waals surface area contributed by atoms with E-state index in [9.17, 15) is 8.42 Å². The average molecular weight is 190 g/mol. The monoisotopic (exact) mass is 190 g/mol. The van der Waals surface area contributed by atoms with E-state index in [1.54, 1.807) is 0 Å². The Morgan fingerprint density at radius 2 is 2.10 bits per heavy atom. The minimum atomic E-state index is -3.94. The minimum absolute atomic E-state index is 0.0145. The van der Waals surface area contributed by atoms with E-state index in [0.29, 0.717) is 12.0 Å². The highest BCUT2D eigenvalue weighted by Crippen LogP contribution is 2.01. The van der Waals surface area contributed by atoms with E-state index in [2.05, 4.69) is 9.37 Å². The number of hydrogen-bond donors (Lipinski definition) is 2.